The molecule has 10 heteroatoms. The SMILES string of the molecule is COc1ccc(Cl)cc1Nc1ncnc(Nc2cccnc2)c1[N+](=O)[O-]. The monoisotopic (exact) mass is 372 g/mol. The van der Waals surface area contributed by atoms with Gasteiger partial charge in [0.2, 0.25) is 11.6 Å². The van der Waals surface area contributed by atoms with Crippen LogP contribution in [-0.4, -0.2) is 27.0 Å². The zero-order valence-corrected chi connectivity index (χ0v) is 14.3. The minimum atomic E-state index is -0.571. The first-order valence-corrected chi connectivity index (χ1v) is 7.73. The van der Waals surface area contributed by atoms with E-state index in [4.69, 9.17) is 16.3 Å². The molecule has 0 saturated heterocycles. The molecule has 9 nitrogen and oxygen atoms in total. The second kappa shape index (κ2) is 7.62. The summed E-state index contributed by atoms with van der Waals surface area (Å²) in [6.07, 6.45) is 4.34. The van der Waals surface area contributed by atoms with Crippen LogP contribution in [0.25, 0.3) is 0 Å². The number of nitrogens with one attached hydrogen (secondary N) is 2. The Hall–Kier alpha value is -3.46. The third-order valence-electron chi connectivity index (χ3n) is 3.34. The van der Waals surface area contributed by atoms with E-state index < -0.39 is 4.92 Å². The van der Waals surface area contributed by atoms with E-state index in [1.54, 1.807) is 36.5 Å². The molecular weight excluding hydrogens is 360 g/mol. The average molecular weight is 373 g/mol. The second-order valence-electron chi connectivity index (χ2n) is 5.01. The van der Waals surface area contributed by atoms with Crippen molar-refractivity contribution in [2.24, 2.45) is 0 Å². The van der Waals surface area contributed by atoms with Crippen molar-refractivity contribution in [2.45, 2.75) is 0 Å². The Morgan fingerprint density at radius 1 is 1.19 bits per heavy atom. The molecule has 0 amide bonds. The number of rotatable bonds is 6. The molecule has 132 valence electrons. The lowest BCUT2D eigenvalue weighted by atomic mass is 10.3. The van der Waals surface area contributed by atoms with Gasteiger partial charge in [0, 0.05) is 11.2 Å². The topological polar surface area (TPSA) is 115 Å². The molecule has 26 heavy (non-hydrogen) atoms. The van der Waals surface area contributed by atoms with Crippen molar-refractivity contribution >= 4 is 40.3 Å². The standard InChI is InChI=1S/C16H13ClN6O3/c1-26-13-5-4-10(17)7-12(13)22-16-14(23(24)25)15(19-9-20-16)21-11-3-2-6-18-8-11/h2-9H,1H3,(H2,19,20,21,22). The summed E-state index contributed by atoms with van der Waals surface area (Å²) in [7, 11) is 1.48. The maximum atomic E-state index is 11.6. The van der Waals surface area contributed by atoms with Crippen LogP contribution in [0.2, 0.25) is 5.02 Å². The number of hydrogen-bond acceptors (Lipinski definition) is 8. The number of nitro groups is 1. The van der Waals surface area contributed by atoms with E-state index in [0.717, 1.165) is 0 Å². The predicted molar refractivity (Wildman–Crippen MR) is 97.5 cm³/mol. The van der Waals surface area contributed by atoms with Crippen LogP contribution in [0.3, 0.4) is 0 Å². The van der Waals surface area contributed by atoms with Crippen LogP contribution in [0.1, 0.15) is 0 Å². The Morgan fingerprint density at radius 2 is 1.96 bits per heavy atom. The number of pyridine rings is 1. The van der Waals surface area contributed by atoms with Gasteiger partial charge in [-0.25, -0.2) is 9.97 Å². The molecule has 0 bridgehead atoms. The van der Waals surface area contributed by atoms with Gasteiger partial charge in [0.05, 0.1) is 29.6 Å². The van der Waals surface area contributed by atoms with Gasteiger partial charge >= 0.3 is 5.69 Å². The van der Waals surface area contributed by atoms with E-state index in [2.05, 4.69) is 25.6 Å². The molecule has 0 spiro atoms. The van der Waals surface area contributed by atoms with Crippen molar-refractivity contribution in [3.05, 3.63) is 64.2 Å². The minimum Gasteiger partial charge on any atom is -0.495 e. The van der Waals surface area contributed by atoms with E-state index in [0.29, 0.717) is 22.1 Å². The highest BCUT2D eigenvalue weighted by Crippen LogP contribution is 2.36. The summed E-state index contributed by atoms with van der Waals surface area (Å²) in [6.45, 7) is 0. The van der Waals surface area contributed by atoms with Gasteiger partial charge in [-0.15, -0.1) is 0 Å². The van der Waals surface area contributed by atoms with Gasteiger partial charge in [-0.3, -0.25) is 15.1 Å². The summed E-state index contributed by atoms with van der Waals surface area (Å²) in [5.74, 6) is 0.488. The van der Waals surface area contributed by atoms with Gasteiger partial charge in [0.25, 0.3) is 0 Å². The molecule has 2 aromatic heterocycles. The summed E-state index contributed by atoms with van der Waals surface area (Å²) in [6, 6.07) is 8.29. The number of anilines is 4. The van der Waals surface area contributed by atoms with Crippen molar-refractivity contribution in [1.82, 2.24) is 15.0 Å². The van der Waals surface area contributed by atoms with Crippen LogP contribution in [0.15, 0.2) is 49.1 Å². The number of halogens is 1. The quantitative estimate of drug-likeness (QED) is 0.494. The molecule has 3 rings (SSSR count). The third kappa shape index (κ3) is 3.78. The van der Waals surface area contributed by atoms with Crippen molar-refractivity contribution in [2.75, 3.05) is 17.7 Å². The van der Waals surface area contributed by atoms with Crippen LogP contribution in [-0.2, 0) is 0 Å². The Labute approximate surface area is 153 Å². The Balaban J connectivity index is 2.01. The van der Waals surface area contributed by atoms with Crippen LogP contribution in [0.5, 0.6) is 5.75 Å². The molecule has 1 aromatic carbocycles. The molecule has 2 N–H and O–H groups in total. The lowest BCUT2D eigenvalue weighted by molar-refractivity contribution is -0.383. The summed E-state index contributed by atoms with van der Waals surface area (Å²) in [4.78, 5) is 23.0. The van der Waals surface area contributed by atoms with Gasteiger partial charge in [0.1, 0.15) is 12.1 Å². The lowest BCUT2D eigenvalue weighted by Crippen LogP contribution is -2.06. The molecule has 0 fully saturated rings. The molecular formula is C16H13ClN6O3. The van der Waals surface area contributed by atoms with E-state index in [1.165, 1.54) is 19.6 Å². The fraction of sp³-hybridized carbons (Fsp3) is 0.0625. The van der Waals surface area contributed by atoms with Gasteiger partial charge in [0.15, 0.2) is 0 Å². The molecule has 0 saturated carbocycles. The first-order valence-electron chi connectivity index (χ1n) is 7.35. The van der Waals surface area contributed by atoms with E-state index in [-0.39, 0.29) is 17.3 Å². The lowest BCUT2D eigenvalue weighted by Gasteiger charge is -2.12. The number of hydrogen-bond donors (Lipinski definition) is 2. The summed E-state index contributed by atoms with van der Waals surface area (Å²) >= 11 is 6.00. The number of nitrogens with zero attached hydrogens (tertiary/aromatic N) is 4. The van der Waals surface area contributed by atoms with E-state index in [9.17, 15) is 10.1 Å². The molecule has 0 aliphatic heterocycles. The average Bonchev–Trinajstić information content (AvgIpc) is 2.63. The van der Waals surface area contributed by atoms with E-state index in [1.807, 2.05) is 0 Å². The minimum absolute atomic E-state index is 0.00282. The smallest absolute Gasteiger partial charge is 0.353 e. The first kappa shape index (κ1) is 17.4. The largest absolute Gasteiger partial charge is 0.495 e. The normalized spacial score (nSPS) is 10.2. The van der Waals surface area contributed by atoms with Gasteiger partial charge in [-0.1, -0.05) is 11.6 Å². The van der Waals surface area contributed by atoms with Gasteiger partial charge < -0.3 is 15.4 Å². The maximum Gasteiger partial charge on any atom is 0.353 e. The predicted octanol–water partition coefficient (Wildman–Crippen LogP) is 3.93. The third-order valence-corrected chi connectivity index (χ3v) is 3.58. The molecule has 0 aliphatic carbocycles. The molecule has 0 atom stereocenters. The summed E-state index contributed by atoms with van der Waals surface area (Å²) in [5.41, 5.74) is 0.674. The highest BCUT2D eigenvalue weighted by atomic mass is 35.5. The van der Waals surface area contributed by atoms with E-state index >= 15 is 0 Å². The molecule has 0 radical (unpaired) electrons. The molecule has 3 aromatic rings. The summed E-state index contributed by atoms with van der Waals surface area (Å²) < 4.78 is 5.24. The summed E-state index contributed by atoms with van der Waals surface area (Å²) in [5, 5.41) is 17.8. The van der Waals surface area contributed by atoms with Crippen LogP contribution in [0, 0.1) is 10.1 Å². The van der Waals surface area contributed by atoms with Crippen LogP contribution in [0.4, 0.5) is 28.7 Å². The zero-order valence-electron chi connectivity index (χ0n) is 13.5. The van der Waals surface area contributed by atoms with Gasteiger partial charge in [-0.05, 0) is 30.3 Å². The maximum absolute atomic E-state index is 11.6. The van der Waals surface area contributed by atoms with Crippen molar-refractivity contribution in [3.8, 4) is 5.75 Å². The van der Waals surface area contributed by atoms with Crippen molar-refractivity contribution in [3.63, 3.8) is 0 Å². The Kier molecular flexibility index (Phi) is 5.09. The van der Waals surface area contributed by atoms with Gasteiger partial charge in [-0.2, -0.15) is 0 Å². The van der Waals surface area contributed by atoms with Crippen molar-refractivity contribution in [1.29, 1.82) is 0 Å². The Bertz CT molecular complexity index is 939. The fourth-order valence-electron chi connectivity index (χ4n) is 2.21. The molecule has 0 unspecified atom stereocenters. The zero-order chi connectivity index (χ0) is 18.5. The highest BCUT2D eigenvalue weighted by molar-refractivity contribution is 6.31. The van der Waals surface area contributed by atoms with Crippen molar-refractivity contribution < 1.29 is 9.66 Å². The molecule has 2 heterocycles. The highest BCUT2D eigenvalue weighted by Gasteiger charge is 2.24. The van der Waals surface area contributed by atoms with Crippen LogP contribution >= 0.6 is 11.6 Å². The van der Waals surface area contributed by atoms with Crippen LogP contribution < -0.4 is 15.4 Å². The second-order valence-corrected chi connectivity index (χ2v) is 5.45. The number of ether oxygens (including phenoxy) is 1. The fourth-order valence-corrected chi connectivity index (χ4v) is 2.39. The number of methoxy groups -OCH3 is 1. The number of benzene rings is 1. The molecule has 0 aliphatic rings. The number of aromatic nitrogens is 3. The first-order chi connectivity index (χ1) is 12.6. The Morgan fingerprint density at radius 3 is 2.62 bits per heavy atom.